The van der Waals surface area contributed by atoms with Crippen LogP contribution in [0.4, 0.5) is 0 Å². The van der Waals surface area contributed by atoms with Crippen LogP contribution in [0.2, 0.25) is 0 Å². The van der Waals surface area contributed by atoms with Crippen LogP contribution >= 0.6 is 0 Å². The van der Waals surface area contributed by atoms with Gasteiger partial charge in [-0.2, -0.15) is 5.26 Å². The van der Waals surface area contributed by atoms with Gasteiger partial charge < -0.3 is 0 Å². The van der Waals surface area contributed by atoms with Gasteiger partial charge in [0.2, 0.25) is 0 Å². The third-order valence-electron chi connectivity index (χ3n) is 4.22. The summed E-state index contributed by atoms with van der Waals surface area (Å²) in [4.78, 5) is 6.50. The summed E-state index contributed by atoms with van der Waals surface area (Å²) in [6, 6.07) is 2.31. The molecule has 3 nitrogen and oxygen atoms in total. The van der Waals surface area contributed by atoms with E-state index in [-0.39, 0.29) is 5.41 Å². The molecule has 0 saturated carbocycles. The highest BCUT2D eigenvalue weighted by atomic mass is 15.1. The second-order valence-corrected chi connectivity index (χ2v) is 6.40. The fraction of sp³-hybridized carbons (Fsp3) is 0.400. The van der Waals surface area contributed by atoms with E-state index >= 15 is 0 Å². The zero-order valence-electron chi connectivity index (χ0n) is 14.2. The topological polar surface area (TPSA) is 39.4 Å². The Morgan fingerprint density at radius 2 is 1.91 bits per heavy atom. The maximum absolute atomic E-state index is 8.90. The van der Waals surface area contributed by atoms with E-state index in [1.165, 1.54) is 0 Å². The third kappa shape index (κ3) is 6.63. The van der Waals surface area contributed by atoms with E-state index < -0.39 is 0 Å². The summed E-state index contributed by atoms with van der Waals surface area (Å²) in [5.41, 5.74) is 2.61. The van der Waals surface area contributed by atoms with E-state index in [4.69, 9.17) is 5.26 Å². The van der Waals surface area contributed by atoms with Gasteiger partial charge in [-0.05, 0) is 42.5 Å². The second kappa shape index (κ2) is 9.07. The number of nitrogens with zero attached hydrogens (tertiary/aromatic N) is 3. The van der Waals surface area contributed by atoms with Crippen LogP contribution in [0.5, 0.6) is 0 Å². The highest BCUT2D eigenvalue weighted by Gasteiger charge is 2.29. The van der Waals surface area contributed by atoms with Crippen molar-refractivity contribution in [2.75, 3.05) is 19.6 Å². The number of rotatable bonds is 8. The molecule has 0 aromatic carbocycles. The van der Waals surface area contributed by atoms with Crippen molar-refractivity contribution in [2.24, 2.45) is 10.4 Å². The Kier molecular flexibility index (Phi) is 7.44. The molecule has 0 spiro atoms. The molecule has 0 atom stereocenters. The smallest absolute Gasteiger partial charge is 0.0627 e. The molecule has 0 unspecified atom stereocenters. The molecule has 0 aromatic heterocycles. The molecule has 1 heterocycles. The van der Waals surface area contributed by atoms with Crippen molar-refractivity contribution in [3.05, 3.63) is 61.4 Å². The Balaban J connectivity index is 2.43. The van der Waals surface area contributed by atoms with Crippen LogP contribution in [0.3, 0.4) is 0 Å². The number of nitriles is 1. The van der Waals surface area contributed by atoms with E-state index in [9.17, 15) is 0 Å². The lowest BCUT2D eigenvalue weighted by molar-refractivity contribution is 0.130. The molecule has 0 aliphatic carbocycles. The summed E-state index contributed by atoms with van der Waals surface area (Å²) in [6.45, 7) is 20.6. The monoisotopic (exact) mass is 309 g/mol. The van der Waals surface area contributed by atoms with Gasteiger partial charge in [-0.1, -0.05) is 51.5 Å². The minimum Gasteiger partial charge on any atom is -0.299 e. The molecule has 1 rings (SSSR count). The molecule has 0 bridgehead atoms. The van der Waals surface area contributed by atoms with Crippen molar-refractivity contribution >= 4 is 6.21 Å². The van der Waals surface area contributed by atoms with E-state index in [0.717, 1.165) is 43.6 Å². The summed E-state index contributed by atoms with van der Waals surface area (Å²) in [7, 11) is 0. The van der Waals surface area contributed by atoms with E-state index in [1.54, 1.807) is 12.3 Å². The van der Waals surface area contributed by atoms with Crippen molar-refractivity contribution in [1.29, 1.82) is 5.26 Å². The van der Waals surface area contributed by atoms with Crippen LogP contribution in [-0.4, -0.2) is 30.7 Å². The van der Waals surface area contributed by atoms with Gasteiger partial charge in [0.1, 0.15) is 0 Å². The normalized spacial score (nSPS) is 17.9. The van der Waals surface area contributed by atoms with Crippen LogP contribution in [0.15, 0.2) is 66.4 Å². The first-order valence-electron chi connectivity index (χ1n) is 7.88. The molecule has 122 valence electrons. The van der Waals surface area contributed by atoms with Crippen molar-refractivity contribution < 1.29 is 0 Å². The largest absolute Gasteiger partial charge is 0.299 e. The molecule has 23 heavy (non-hydrogen) atoms. The Morgan fingerprint density at radius 3 is 2.48 bits per heavy atom. The van der Waals surface area contributed by atoms with Gasteiger partial charge in [-0.15, -0.1) is 0 Å². The molecule has 0 N–H and O–H groups in total. The average molecular weight is 309 g/mol. The fourth-order valence-electron chi connectivity index (χ4n) is 2.50. The number of hydrogen-bond donors (Lipinski definition) is 0. The van der Waals surface area contributed by atoms with Crippen molar-refractivity contribution in [1.82, 2.24) is 4.90 Å². The Labute approximate surface area is 140 Å². The first-order valence-corrected chi connectivity index (χ1v) is 7.88. The predicted molar refractivity (Wildman–Crippen MR) is 99.3 cm³/mol. The minimum atomic E-state index is 0.178. The van der Waals surface area contributed by atoms with Gasteiger partial charge in [0.15, 0.2) is 0 Å². The lowest BCUT2D eigenvalue weighted by Gasteiger charge is -2.38. The first-order chi connectivity index (χ1) is 10.9. The van der Waals surface area contributed by atoms with Crippen molar-refractivity contribution in [3.63, 3.8) is 0 Å². The molecule has 3 heteroatoms. The number of likely N-dealkylation sites (tertiary alicyclic amines) is 1. The zero-order valence-corrected chi connectivity index (χ0v) is 14.2. The van der Waals surface area contributed by atoms with Crippen molar-refractivity contribution in [2.45, 2.75) is 26.2 Å². The summed E-state index contributed by atoms with van der Waals surface area (Å²) < 4.78 is 0. The second-order valence-electron chi connectivity index (χ2n) is 6.40. The standard InChI is InChI=1S/C20H27N3/c1-6-13-22-19(4)18(3)8-7-17(2)16-23-14-10-20(5,9-12-21)11-15-23/h6-8,13H,1-4,9-11,14-16H2,5H3/b8-7-,22-13?. The molecule has 0 radical (unpaired) electrons. The number of aliphatic imine (C=N–C) groups is 1. The number of piperidine rings is 1. The summed E-state index contributed by atoms with van der Waals surface area (Å²) >= 11 is 0. The predicted octanol–water partition coefficient (Wildman–Crippen LogP) is 4.44. The molecule has 1 fully saturated rings. The molecule has 0 amide bonds. The van der Waals surface area contributed by atoms with Crippen LogP contribution in [0, 0.1) is 16.7 Å². The fourth-order valence-corrected chi connectivity index (χ4v) is 2.50. The summed E-state index contributed by atoms with van der Waals surface area (Å²) in [6.07, 6.45) is 9.86. The SMILES string of the molecule is C=CC=NC(=C)C(=C)/C=C\C(=C)CN1CCC(C)(CC#N)CC1. The number of allylic oxidation sites excluding steroid dienone is 2. The van der Waals surface area contributed by atoms with Gasteiger partial charge >= 0.3 is 0 Å². The van der Waals surface area contributed by atoms with Crippen LogP contribution < -0.4 is 0 Å². The quantitative estimate of drug-likeness (QED) is 0.491. The van der Waals surface area contributed by atoms with E-state index in [2.05, 4.69) is 49.2 Å². The molecule has 1 aliphatic heterocycles. The minimum absolute atomic E-state index is 0.178. The van der Waals surface area contributed by atoms with Crippen LogP contribution in [-0.2, 0) is 0 Å². The lowest BCUT2D eigenvalue weighted by atomic mass is 9.78. The van der Waals surface area contributed by atoms with E-state index in [0.29, 0.717) is 12.1 Å². The molecule has 0 aromatic rings. The van der Waals surface area contributed by atoms with Gasteiger partial charge in [-0.3, -0.25) is 9.89 Å². The lowest BCUT2D eigenvalue weighted by Crippen LogP contribution is -2.39. The third-order valence-corrected chi connectivity index (χ3v) is 4.22. The van der Waals surface area contributed by atoms with Gasteiger partial charge in [0.25, 0.3) is 0 Å². The summed E-state index contributed by atoms with van der Waals surface area (Å²) in [5.74, 6) is 0. The Hall–Kier alpha value is -2.18. The molecular weight excluding hydrogens is 282 g/mol. The maximum atomic E-state index is 8.90. The van der Waals surface area contributed by atoms with Gasteiger partial charge in [-0.25, -0.2) is 0 Å². The van der Waals surface area contributed by atoms with E-state index in [1.807, 2.05) is 12.2 Å². The highest BCUT2D eigenvalue weighted by Crippen LogP contribution is 2.34. The highest BCUT2D eigenvalue weighted by molar-refractivity contribution is 5.72. The Bertz CT molecular complexity index is 564. The molecule has 1 aliphatic rings. The molecular formula is C20H27N3. The van der Waals surface area contributed by atoms with Gasteiger partial charge in [0, 0.05) is 19.2 Å². The zero-order chi connectivity index (χ0) is 17.3. The average Bonchev–Trinajstić information content (AvgIpc) is 2.52. The summed E-state index contributed by atoms with van der Waals surface area (Å²) in [5, 5.41) is 8.90. The maximum Gasteiger partial charge on any atom is 0.0627 e. The number of hydrogen-bond acceptors (Lipinski definition) is 3. The molecule has 1 saturated heterocycles. The van der Waals surface area contributed by atoms with Crippen LogP contribution in [0.1, 0.15) is 26.2 Å². The van der Waals surface area contributed by atoms with Crippen LogP contribution in [0.25, 0.3) is 0 Å². The van der Waals surface area contributed by atoms with Gasteiger partial charge in [0.05, 0.1) is 11.8 Å². The Morgan fingerprint density at radius 1 is 1.26 bits per heavy atom. The van der Waals surface area contributed by atoms with Crippen molar-refractivity contribution in [3.8, 4) is 6.07 Å². The first kappa shape index (κ1) is 18.9.